The smallest absolute Gasteiger partial charge is 0.319 e. The molecule has 0 fully saturated rings. The zero-order chi connectivity index (χ0) is 15.2. The number of anilines is 1. The van der Waals surface area contributed by atoms with E-state index in [0.29, 0.717) is 5.69 Å². The van der Waals surface area contributed by atoms with E-state index in [0.717, 1.165) is 5.56 Å². The number of nitrogens with one attached hydrogen (secondary N) is 2. The summed E-state index contributed by atoms with van der Waals surface area (Å²) in [7, 11) is 0. The average Bonchev–Trinajstić information content (AvgIpc) is 2.48. The molecule has 0 unspecified atom stereocenters. The van der Waals surface area contributed by atoms with Gasteiger partial charge in [0.15, 0.2) is 0 Å². The summed E-state index contributed by atoms with van der Waals surface area (Å²) >= 11 is 0. The molecule has 5 heteroatoms. The van der Waals surface area contributed by atoms with E-state index in [1.165, 1.54) is 12.1 Å². The molecule has 1 atom stereocenters. The Bertz CT molecular complexity index is 631. The molecule has 0 aliphatic rings. The van der Waals surface area contributed by atoms with Crippen molar-refractivity contribution in [3.8, 4) is 0 Å². The van der Waals surface area contributed by atoms with E-state index in [-0.39, 0.29) is 12.1 Å². The van der Waals surface area contributed by atoms with Crippen LogP contribution in [0.3, 0.4) is 0 Å². The monoisotopic (exact) mass is 288 g/mol. The van der Waals surface area contributed by atoms with Gasteiger partial charge >= 0.3 is 6.03 Å². The van der Waals surface area contributed by atoms with Crippen molar-refractivity contribution < 1.29 is 14.3 Å². The number of aliphatic hydroxyl groups is 1. The number of amides is 2. The summed E-state index contributed by atoms with van der Waals surface area (Å²) < 4.78 is 13.5. The molecule has 0 saturated heterocycles. The van der Waals surface area contributed by atoms with Gasteiger partial charge in [0, 0.05) is 17.8 Å². The summed E-state index contributed by atoms with van der Waals surface area (Å²) in [6.07, 6.45) is -1.09. The van der Waals surface area contributed by atoms with Crippen LogP contribution >= 0.6 is 0 Å². The van der Waals surface area contributed by atoms with Crippen molar-refractivity contribution in [1.29, 1.82) is 0 Å². The Kier molecular flexibility index (Phi) is 4.90. The third-order valence-corrected chi connectivity index (χ3v) is 3.11. The second kappa shape index (κ2) is 6.85. The normalized spacial score (nSPS) is 11.8. The molecule has 4 nitrogen and oxygen atoms in total. The molecule has 0 aromatic heterocycles. The number of rotatable bonds is 4. The van der Waals surface area contributed by atoms with Crippen molar-refractivity contribution in [1.82, 2.24) is 5.32 Å². The van der Waals surface area contributed by atoms with Gasteiger partial charge in [-0.25, -0.2) is 9.18 Å². The van der Waals surface area contributed by atoms with Crippen LogP contribution in [0.25, 0.3) is 0 Å². The number of aliphatic hydroxyl groups excluding tert-OH is 1. The molecular formula is C16H17FN2O2. The van der Waals surface area contributed by atoms with Gasteiger partial charge < -0.3 is 15.7 Å². The van der Waals surface area contributed by atoms with E-state index in [9.17, 15) is 14.3 Å². The van der Waals surface area contributed by atoms with Crippen molar-refractivity contribution in [2.24, 2.45) is 0 Å². The van der Waals surface area contributed by atoms with Gasteiger partial charge in [-0.1, -0.05) is 36.4 Å². The zero-order valence-electron chi connectivity index (χ0n) is 11.6. The maximum atomic E-state index is 13.5. The van der Waals surface area contributed by atoms with Crippen molar-refractivity contribution in [2.45, 2.75) is 13.0 Å². The van der Waals surface area contributed by atoms with Gasteiger partial charge in [-0.15, -0.1) is 0 Å². The van der Waals surface area contributed by atoms with Gasteiger partial charge in [-0.3, -0.25) is 0 Å². The fourth-order valence-electron chi connectivity index (χ4n) is 1.92. The second-order valence-corrected chi connectivity index (χ2v) is 4.69. The van der Waals surface area contributed by atoms with E-state index in [1.807, 2.05) is 25.1 Å². The van der Waals surface area contributed by atoms with Gasteiger partial charge in [-0.2, -0.15) is 0 Å². The summed E-state index contributed by atoms with van der Waals surface area (Å²) in [4.78, 5) is 11.8. The maximum absolute atomic E-state index is 13.5. The van der Waals surface area contributed by atoms with Crippen LogP contribution in [0.1, 0.15) is 17.2 Å². The fraction of sp³-hybridized carbons (Fsp3) is 0.188. The number of aryl methyl sites for hydroxylation is 1. The van der Waals surface area contributed by atoms with E-state index in [4.69, 9.17) is 0 Å². The summed E-state index contributed by atoms with van der Waals surface area (Å²) in [5.41, 5.74) is 1.78. The van der Waals surface area contributed by atoms with Crippen LogP contribution < -0.4 is 10.6 Å². The van der Waals surface area contributed by atoms with Crippen LogP contribution in [0.4, 0.5) is 14.9 Å². The van der Waals surface area contributed by atoms with Crippen LogP contribution in [0.15, 0.2) is 48.5 Å². The number of urea groups is 1. The summed E-state index contributed by atoms with van der Waals surface area (Å²) in [5.74, 6) is -0.494. The first-order chi connectivity index (χ1) is 10.1. The molecule has 3 N–H and O–H groups in total. The van der Waals surface area contributed by atoms with Crippen LogP contribution in [0.2, 0.25) is 0 Å². The van der Waals surface area contributed by atoms with E-state index in [1.54, 1.807) is 18.2 Å². The van der Waals surface area contributed by atoms with Crippen molar-refractivity contribution in [3.05, 3.63) is 65.5 Å². The molecule has 2 aromatic carbocycles. The molecule has 0 radical (unpaired) electrons. The van der Waals surface area contributed by atoms with Crippen molar-refractivity contribution in [2.75, 3.05) is 11.9 Å². The SMILES string of the molecule is Cc1ccccc1NC(=O)NC[C@@H](O)c1ccccc1F. The highest BCUT2D eigenvalue weighted by Gasteiger charge is 2.13. The van der Waals surface area contributed by atoms with Gasteiger partial charge in [0.05, 0.1) is 6.10 Å². The minimum absolute atomic E-state index is 0.0708. The molecule has 110 valence electrons. The molecule has 0 aliphatic carbocycles. The lowest BCUT2D eigenvalue weighted by Gasteiger charge is -2.14. The quantitative estimate of drug-likeness (QED) is 0.810. The Labute approximate surface area is 122 Å². The van der Waals surface area contributed by atoms with E-state index < -0.39 is 18.0 Å². The van der Waals surface area contributed by atoms with Crippen molar-refractivity contribution >= 4 is 11.7 Å². The third-order valence-electron chi connectivity index (χ3n) is 3.11. The zero-order valence-corrected chi connectivity index (χ0v) is 11.6. The number of para-hydroxylation sites is 1. The predicted octanol–water partition coefficient (Wildman–Crippen LogP) is 2.99. The first kappa shape index (κ1) is 15.0. The van der Waals surface area contributed by atoms with Gasteiger partial charge in [-0.05, 0) is 24.6 Å². The molecule has 2 aromatic rings. The van der Waals surface area contributed by atoms with Crippen molar-refractivity contribution in [3.63, 3.8) is 0 Å². The van der Waals surface area contributed by atoms with Gasteiger partial charge in [0.25, 0.3) is 0 Å². The average molecular weight is 288 g/mol. The minimum atomic E-state index is -1.09. The number of carbonyl (C=O) groups excluding carboxylic acids is 1. The number of halogens is 1. The topological polar surface area (TPSA) is 61.4 Å². The van der Waals surface area contributed by atoms with E-state index >= 15 is 0 Å². The molecule has 0 saturated carbocycles. The maximum Gasteiger partial charge on any atom is 0.319 e. The number of carbonyl (C=O) groups is 1. The molecule has 21 heavy (non-hydrogen) atoms. The van der Waals surface area contributed by atoms with Crippen LogP contribution in [0.5, 0.6) is 0 Å². The number of hydrogen-bond acceptors (Lipinski definition) is 2. The Morgan fingerprint density at radius 3 is 2.57 bits per heavy atom. The van der Waals surface area contributed by atoms with Gasteiger partial charge in [0.2, 0.25) is 0 Å². The molecule has 0 heterocycles. The highest BCUT2D eigenvalue weighted by Crippen LogP contribution is 2.16. The molecule has 2 rings (SSSR count). The molecule has 0 spiro atoms. The summed E-state index contributed by atoms with van der Waals surface area (Å²) in [6, 6.07) is 12.8. The molecule has 2 amide bonds. The first-order valence-electron chi connectivity index (χ1n) is 6.61. The largest absolute Gasteiger partial charge is 0.386 e. The highest BCUT2D eigenvalue weighted by molar-refractivity contribution is 5.90. The molecular weight excluding hydrogens is 271 g/mol. The third kappa shape index (κ3) is 4.03. The predicted molar refractivity (Wildman–Crippen MR) is 79.6 cm³/mol. The number of hydrogen-bond donors (Lipinski definition) is 3. The standard InChI is InChI=1S/C16H17FN2O2/c1-11-6-2-5-9-14(11)19-16(21)18-10-15(20)12-7-3-4-8-13(12)17/h2-9,15,20H,10H2,1H3,(H2,18,19,21)/t15-/m1/s1. The van der Waals surface area contributed by atoms with Crippen LogP contribution in [-0.4, -0.2) is 17.7 Å². The Balaban J connectivity index is 1.90. The Morgan fingerprint density at radius 1 is 1.19 bits per heavy atom. The fourth-order valence-corrected chi connectivity index (χ4v) is 1.92. The second-order valence-electron chi connectivity index (χ2n) is 4.69. The summed E-state index contributed by atoms with van der Waals surface area (Å²) in [6.45, 7) is 1.81. The first-order valence-corrected chi connectivity index (χ1v) is 6.61. The number of benzene rings is 2. The van der Waals surface area contributed by atoms with Crippen LogP contribution in [-0.2, 0) is 0 Å². The van der Waals surface area contributed by atoms with E-state index in [2.05, 4.69) is 10.6 Å². The lowest BCUT2D eigenvalue weighted by molar-refractivity contribution is 0.170. The Hall–Kier alpha value is -2.40. The summed E-state index contributed by atoms with van der Waals surface area (Å²) in [5, 5.41) is 15.1. The minimum Gasteiger partial charge on any atom is -0.386 e. The van der Waals surface area contributed by atoms with Gasteiger partial charge in [0.1, 0.15) is 5.82 Å². The molecule has 0 aliphatic heterocycles. The highest BCUT2D eigenvalue weighted by atomic mass is 19.1. The Morgan fingerprint density at radius 2 is 1.86 bits per heavy atom. The molecule has 0 bridgehead atoms. The lowest BCUT2D eigenvalue weighted by Crippen LogP contribution is -2.32. The lowest BCUT2D eigenvalue weighted by atomic mass is 10.1. The van der Waals surface area contributed by atoms with Crippen LogP contribution in [0, 0.1) is 12.7 Å².